The zero-order valence-electron chi connectivity index (χ0n) is 33.4. The van der Waals surface area contributed by atoms with Gasteiger partial charge in [-0.25, -0.2) is 0 Å². The molecular formula is C59H39NO. The number of anilines is 3. The number of hydrogen-bond acceptors (Lipinski definition) is 2. The Balaban J connectivity index is 1.16. The molecule has 61 heavy (non-hydrogen) atoms. The molecular weight excluding hydrogens is 739 g/mol. The van der Waals surface area contributed by atoms with Crippen LogP contribution in [-0.4, -0.2) is 0 Å². The number of benzene rings is 10. The topological polar surface area (TPSA) is 12.5 Å². The van der Waals surface area contributed by atoms with Gasteiger partial charge >= 0.3 is 0 Å². The van der Waals surface area contributed by atoms with E-state index in [1.807, 2.05) is 0 Å². The SMILES string of the molecule is c1ccc(-c2ccc(N(c3ccc(-c4ccccc4)cc3-c3ccccc3)c3cccc4c3-c3ccccc3C43c4ccccc4Oc4cc5ccccc5cc43)cc2)cc1. The van der Waals surface area contributed by atoms with Gasteiger partial charge in [0.25, 0.3) is 0 Å². The molecule has 1 heterocycles. The molecule has 1 unspecified atom stereocenters. The van der Waals surface area contributed by atoms with Crippen molar-refractivity contribution in [3.8, 4) is 56.0 Å². The predicted octanol–water partition coefficient (Wildman–Crippen LogP) is 15.8. The van der Waals surface area contributed by atoms with Crippen LogP contribution in [0.3, 0.4) is 0 Å². The van der Waals surface area contributed by atoms with Gasteiger partial charge in [-0.05, 0) is 104 Å². The normalized spacial score (nSPS) is 14.4. The number of rotatable bonds is 6. The van der Waals surface area contributed by atoms with E-state index in [0.717, 1.165) is 56.2 Å². The quantitative estimate of drug-likeness (QED) is 0.167. The Hall–Kier alpha value is -7.94. The largest absolute Gasteiger partial charge is 0.457 e. The van der Waals surface area contributed by atoms with Crippen LogP contribution < -0.4 is 9.64 Å². The zero-order valence-corrected chi connectivity index (χ0v) is 33.4. The highest BCUT2D eigenvalue weighted by molar-refractivity contribution is 6.01. The van der Waals surface area contributed by atoms with Crippen molar-refractivity contribution in [3.05, 3.63) is 259 Å². The molecule has 0 radical (unpaired) electrons. The summed E-state index contributed by atoms with van der Waals surface area (Å²) < 4.78 is 6.87. The van der Waals surface area contributed by atoms with E-state index in [0.29, 0.717) is 0 Å². The molecule has 1 atom stereocenters. The van der Waals surface area contributed by atoms with Crippen molar-refractivity contribution in [2.75, 3.05) is 4.90 Å². The lowest BCUT2D eigenvalue weighted by Gasteiger charge is -2.39. The van der Waals surface area contributed by atoms with Gasteiger partial charge in [0.2, 0.25) is 0 Å². The van der Waals surface area contributed by atoms with E-state index in [9.17, 15) is 0 Å². The van der Waals surface area contributed by atoms with Gasteiger partial charge in [0.05, 0.1) is 16.8 Å². The molecule has 1 aliphatic carbocycles. The zero-order chi connectivity index (χ0) is 40.3. The Morgan fingerprint density at radius 1 is 0.311 bits per heavy atom. The summed E-state index contributed by atoms with van der Waals surface area (Å²) in [7, 11) is 0. The van der Waals surface area contributed by atoms with Crippen molar-refractivity contribution >= 4 is 27.8 Å². The monoisotopic (exact) mass is 777 g/mol. The molecule has 2 heteroatoms. The molecule has 12 rings (SSSR count). The second-order valence-corrected chi connectivity index (χ2v) is 16.0. The average molecular weight is 778 g/mol. The Bertz CT molecular complexity index is 3270. The van der Waals surface area contributed by atoms with Crippen molar-refractivity contribution in [1.29, 1.82) is 0 Å². The Morgan fingerprint density at radius 2 is 0.869 bits per heavy atom. The van der Waals surface area contributed by atoms with Gasteiger partial charge in [-0.1, -0.05) is 188 Å². The summed E-state index contributed by atoms with van der Waals surface area (Å²) in [6.07, 6.45) is 0. The summed E-state index contributed by atoms with van der Waals surface area (Å²) in [5, 5.41) is 2.35. The summed E-state index contributed by atoms with van der Waals surface area (Å²) in [5.74, 6) is 1.77. The lowest BCUT2D eigenvalue weighted by atomic mass is 9.66. The number of nitrogens with zero attached hydrogens (tertiary/aromatic N) is 1. The van der Waals surface area contributed by atoms with Crippen molar-refractivity contribution in [3.63, 3.8) is 0 Å². The van der Waals surface area contributed by atoms with Gasteiger partial charge in [0, 0.05) is 27.9 Å². The van der Waals surface area contributed by atoms with E-state index >= 15 is 0 Å². The molecule has 0 aromatic heterocycles. The molecule has 0 fully saturated rings. The van der Waals surface area contributed by atoms with Gasteiger partial charge in [-0.15, -0.1) is 0 Å². The smallest absolute Gasteiger partial charge is 0.132 e. The standard InChI is InChI=1S/C59H39NO/c1-4-17-40(18-5-1)42-31-34-47(35-32-42)60(54-36-33-46(41-19-6-2-7-20-41)37-49(54)43-21-8-3-9-22-43)55-29-16-28-52-58(55)48-25-12-13-26-50(48)59(52)51-27-14-15-30-56(51)61-57-39-45-24-11-10-23-44(45)38-53(57)59/h1-39H. The maximum absolute atomic E-state index is 6.87. The second-order valence-electron chi connectivity index (χ2n) is 16.0. The van der Waals surface area contributed by atoms with Crippen LogP contribution in [0, 0.1) is 0 Å². The minimum Gasteiger partial charge on any atom is -0.457 e. The average Bonchev–Trinajstić information content (AvgIpc) is 3.63. The third kappa shape index (κ3) is 5.50. The minimum absolute atomic E-state index is 0.627. The second kappa shape index (κ2) is 14.1. The van der Waals surface area contributed by atoms with E-state index in [1.165, 1.54) is 49.9 Å². The maximum atomic E-state index is 6.87. The van der Waals surface area contributed by atoms with Gasteiger partial charge in [0.1, 0.15) is 11.5 Å². The van der Waals surface area contributed by atoms with Crippen molar-refractivity contribution in [1.82, 2.24) is 0 Å². The highest BCUT2D eigenvalue weighted by Gasteiger charge is 2.52. The number of fused-ring (bicyclic) bond motifs is 10. The Morgan fingerprint density at radius 3 is 1.61 bits per heavy atom. The molecule has 2 aliphatic rings. The lowest BCUT2D eigenvalue weighted by Crippen LogP contribution is -2.32. The van der Waals surface area contributed by atoms with Crippen LogP contribution >= 0.6 is 0 Å². The predicted molar refractivity (Wildman–Crippen MR) is 252 cm³/mol. The molecule has 0 amide bonds. The fourth-order valence-electron chi connectivity index (χ4n) is 10.0. The molecule has 10 aromatic rings. The highest BCUT2D eigenvalue weighted by Crippen LogP contribution is 2.64. The van der Waals surface area contributed by atoms with Crippen LogP contribution in [0.15, 0.2) is 237 Å². The number of para-hydroxylation sites is 1. The minimum atomic E-state index is -0.627. The number of ether oxygens (including phenoxy) is 1. The fourth-order valence-corrected chi connectivity index (χ4v) is 10.0. The summed E-state index contributed by atoms with van der Waals surface area (Å²) in [6, 6.07) is 86.0. The molecule has 1 aliphatic heterocycles. The van der Waals surface area contributed by atoms with Crippen LogP contribution in [0.1, 0.15) is 22.3 Å². The highest BCUT2D eigenvalue weighted by atomic mass is 16.5. The van der Waals surface area contributed by atoms with Gasteiger partial charge in [-0.2, -0.15) is 0 Å². The molecule has 286 valence electrons. The van der Waals surface area contributed by atoms with E-state index < -0.39 is 5.41 Å². The number of hydrogen-bond donors (Lipinski definition) is 0. The maximum Gasteiger partial charge on any atom is 0.132 e. The Kier molecular flexibility index (Phi) is 8.11. The summed E-state index contributed by atoms with van der Waals surface area (Å²) in [5.41, 5.74) is 17.0. The van der Waals surface area contributed by atoms with Crippen molar-refractivity contribution in [2.24, 2.45) is 0 Å². The van der Waals surface area contributed by atoms with Crippen LogP contribution in [0.5, 0.6) is 11.5 Å². The third-order valence-corrected chi connectivity index (χ3v) is 12.7. The van der Waals surface area contributed by atoms with Crippen LogP contribution in [0.4, 0.5) is 17.1 Å². The first-order valence-electron chi connectivity index (χ1n) is 21.0. The van der Waals surface area contributed by atoms with Gasteiger partial charge in [0.15, 0.2) is 0 Å². The van der Waals surface area contributed by atoms with E-state index in [1.54, 1.807) is 0 Å². The molecule has 1 spiro atoms. The molecule has 0 saturated carbocycles. The summed E-state index contributed by atoms with van der Waals surface area (Å²) in [6.45, 7) is 0. The van der Waals surface area contributed by atoms with E-state index in [2.05, 4.69) is 241 Å². The van der Waals surface area contributed by atoms with Crippen LogP contribution in [0.25, 0.3) is 55.3 Å². The summed E-state index contributed by atoms with van der Waals surface area (Å²) >= 11 is 0. The third-order valence-electron chi connectivity index (χ3n) is 12.7. The van der Waals surface area contributed by atoms with E-state index in [4.69, 9.17) is 4.74 Å². The molecule has 0 bridgehead atoms. The fraction of sp³-hybridized carbons (Fsp3) is 0.0169. The van der Waals surface area contributed by atoms with Gasteiger partial charge in [-0.3, -0.25) is 0 Å². The van der Waals surface area contributed by atoms with Gasteiger partial charge < -0.3 is 9.64 Å². The van der Waals surface area contributed by atoms with Crippen molar-refractivity contribution in [2.45, 2.75) is 5.41 Å². The molecule has 0 N–H and O–H groups in total. The van der Waals surface area contributed by atoms with E-state index in [-0.39, 0.29) is 0 Å². The first kappa shape index (κ1) is 35.0. The Labute approximate surface area is 356 Å². The first-order valence-corrected chi connectivity index (χ1v) is 21.0. The van der Waals surface area contributed by atoms with Crippen molar-refractivity contribution < 1.29 is 4.74 Å². The molecule has 2 nitrogen and oxygen atoms in total. The molecule has 10 aromatic carbocycles. The van der Waals surface area contributed by atoms with Crippen LogP contribution in [0.2, 0.25) is 0 Å². The first-order chi connectivity index (χ1) is 30.3. The molecule has 0 saturated heterocycles. The van der Waals surface area contributed by atoms with Crippen LogP contribution in [-0.2, 0) is 5.41 Å². The summed E-state index contributed by atoms with van der Waals surface area (Å²) in [4.78, 5) is 2.49. The lowest BCUT2D eigenvalue weighted by molar-refractivity contribution is 0.437.